The quantitative estimate of drug-likeness (QED) is 0.0992. The lowest BCUT2D eigenvalue weighted by molar-refractivity contribution is -0.192. The Hall–Kier alpha value is -4.05. The number of rotatable bonds is 10. The molecule has 0 bridgehead atoms. The van der Waals surface area contributed by atoms with E-state index < -0.39 is 47.8 Å². The Balaban J connectivity index is 0.000000905. The number of piperazine rings is 1. The van der Waals surface area contributed by atoms with Gasteiger partial charge in [0.25, 0.3) is 11.8 Å². The number of carbonyl (C=O) groups excluding carboxylic acids is 3. The molecule has 2 amide bonds. The van der Waals surface area contributed by atoms with Gasteiger partial charge in [-0.15, -0.1) is 0 Å². The summed E-state index contributed by atoms with van der Waals surface area (Å²) in [5.74, 6) is -5.76. The van der Waals surface area contributed by atoms with E-state index in [9.17, 15) is 32.3 Å². The summed E-state index contributed by atoms with van der Waals surface area (Å²) in [6.45, 7) is 1.22. The van der Waals surface area contributed by atoms with E-state index >= 15 is 0 Å². The standard InChI is InChI=1S/C20H28N6O5.C2HF3O2/c1-13(27)20(8-2-3-9-21)19(31)25(12-16(28)29)10-11-26(20)24-18(30)15-6-4-14(5-7-15)17(22)23;3-2(4,5)1(6)7/h4-7H,2-3,8-12,21H2,1H3,(H3,22,23)(H,24,30)(H,28,29);(H,6,7)/t20-;/m0./s1. The van der Waals surface area contributed by atoms with Crippen LogP contribution in [0.2, 0.25) is 0 Å². The molecule has 16 heteroatoms. The van der Waals surface area contributed by atoms with Crippen LogP contribution in [0.5, 0.6) is 0 Å². The van der Waals surface area contributed by atoms with Crippen molar-refractivity contribution in [3.63, 3.8) is 0 Å². The number of halogens is 3. The molecule has 0 aliphatic carbocycles. The molecule has 13 nitrogen and oxygen atoms in total. The number of carbonyl (C=O) groups is 5. The third kappa shape index (κ3) is 8.24. The number of aliphatic carboxylic acids is 2. The van der Waals surface area contributed by atoms with E-state index in [1.807, 2.05) is 0 Å². The number of amidine groups is 1. The number of nitrogen functional groups attached to an aromatic ring is 1. The van der Waals surface area contributed by atoms with Gasteiger partial charge in [0.05, 0.1) is 0 Å². The number of alkyl halides is 3. The fourth-order valence-electron chi connectivity index (χ4n) is 3.63. The minimum absolute atomic E-state index is 0.0423. The lowest BCUT2D eigenvalue weighted by Gasteiger charge is -2.47. The molecular weight excluding hydrogens is 517 g/mol. The Morgan fingerprint density at radius 2 is 1.61 bits per heavy atom. The summed E-state index contributed by atoms with van der Waals surface area (Å²) in [6.07, 6.45) is -3.98. The summed E-state index contributed by atoms with van der Waals surface area (Å²) in [6, 6.07) is 6.01. The molecule has 1 aromatic carbocycles. The normalized spacial score (nSPS) is 17.7. The zero-order chi connectivity index (χ0) is 29.3. The molecule has 210 valence electrons. The minimum atomic E-state index is -5.08. The van der Waals surface area contributed by atoms with Gasteiger partial charge in [0.15, 0.2) is 11.3 Å². The van der Waals surface area contributed by atoms with E-state index in [4.69, 9.17) is 31.9 Å². The summed E-state index contributed by atoms with van der Waals surface area (Å²) in [4.78, 5) is 60.0. The minimum Gasteiger partial charge on any atom is -0.480 e. The summed E-state index contributed by atoms with van der Waals surface area (Å²) in [5.41, 5.74) is 12.6. The van der Waals surface area contributed by atoms with Gasteiger partial charge in [0.2, 0.25) is 0 Å². The second-order valence-electron chi connectivity index (χ2n) is 8.17. The predicted molar refractivity (Wildman–Crippen MR) is 126 cm³/mol. The number of carboxylic acid groups (broad SMARTS) is 2. The first-order valence-corrected chi connectivity index (χ1v) is 11.1. The van der Waals surface area contributed by atoms with Crippen molar-refractivity contribution in [2.45, 2.75) is 37.9 Å². The van der Waals surface area contributed by atoms with Crippen molar-refractivity contribution in [2.24, 2.45) is 11.5 Å². The number of amides is 2. The van der Waals surface area contributed by atoms with Crippen molar-refractivity contribution in [3.8, 4) is 0 Å². The van der Waals surface area contributed by atoms with Crippen LogP contribution in [0.25, 0.3) is 0 Å². The van der Waals surface area contributed by atoms with Crippen LogP contribution in [0.3, 0.4) is 0 Å². The van der Waals surface area contributed by atoms with Crippen LogP contribution in [0, 0.1) is 5.41 Å². The van der Waals surface area contributed by atoms with E-state index in [1.54, 1.807) is 0 Å². The average Bonchev–Trinajstić information content (AvgIpc) is 2.82. The number of unbranched alkanes of at least 4 members (excludes halogenated alkanes) is 1. The van der Waals surface area contributed by atoms with Gasteiger partial charge in [-0.1, -0.05) is 12.1 Å². The first-order valence-electron chi connectivity index (χ1n) is 11.1. The number of hydrogen-bond donors (Lipinski definition) is 6. The number of Topliss-reactive ketones (excluding diaryl/α,β-unsaturated/α-hetero) is 1. The van der Waals surface area contributed by atoms with Gasteiger partial charge in [0, 0.05) is 24.2 Å². The molecule has 0 unspecified atom stereocenters. The Bertz CT molecular complexity index is 1060. The molecule has 1 fully saturated rings. The maximum Gasteiger partial charge on any atom is 0.490 e. The topological polar surface area (TPSA) is 220 Å². The highest BCUT2D eigenvalue weighted by molar-refractivity contribution is 6.11. The summed E-state index contributed by atoms with van der Waals surface area (Å²) >= 11 is 0. The third-order valence-electron chi connectivity index (χ3n) is 5.53. The fourth-order valence-corrected chi connectivity index (χ4v) is 3.63. The number of hydrogen-bond acceptors (Lipinski definition) is 8. The number of nitrogens with two attached hydrogens (primary N) is 2. The van der Waals surface area contributed by atoms with E-state index in [1.165, 1.54) is 36.2 Å². The number of nitrogens with zero attached hydrogens (tertiary/aromatic N) is 2. The number of carboxylic acids is 2. The van der Waals surface area contributed by atoms with Gasteiger partial charge in [-0.2, -0.15) is 18.2 Å². The number of hydrazine groups is 1. The van der Waals surface area contributed by atoms with Crippen molar-refractivity contribution in [1.82, 2.24) is 15.3 Å². The summed E-state index contributed by atoms with van der Waals surface area (Å²) in [5, 5.41) is 25.0. The monoisotopic (exact) mass is 546 g/mol. The molecule has 1 aliphatic heterocycles. The van der Waals surface area contributed by atoms with Crippen LogP contribution in [-0.4, -0.2) is 93.4 Å². The Morgan fingerprint density at radius 1 is 1.08 bits per heavy atom. The van der Waals surface area contributed by atoms with Gasteiger partial charge < -0.3 is 26.6 Å². The highest BCUT2D eigenvalue weighted by Crippen LogP contribution is 2.29. The van der Waals surface area contributed by atoms with Crippen LogP contribution in [-0.2, 0) is 19.2 Å². The molecule has 0 radical (unpaired) electrons. The molecule has 0 saturated carbocycles. The zero-order valence-electron chi connectivity index (χ0n) is 20.4. The van der Waals surface area contributed by atoms with Gasteiger partial charge in [-0.25, -0.2) is 4.79 Å². The maximum atomic E-state index is 13.2. The second kappa shape index (κ2) is 13.5. The molecule has 1 heterocycles. The third-order valence-corrected chi connectivity index (χ3v) is 5.53. The molecule has 38 heavy (non-hydrogen) atoms. The molecule has 0 aromatic heterocycles. The van der Waals surface area contributed by atoms with Crippen molar-refractivity contribution >= 4 is 35.4 Å². The van der Waals surface area contributed by atoms with Crippen LogP contribution >= 0.6 is 0 Å². The molecular formula is C22H29F3N6O7. The Kier molecular flexibility index (Phi) is 11.3. The maximum absolute atomic E-state index is 13.2. The average molecular weight is 547 g/mol. The SMILES string of the molecule is CC(=O)[C@@]1(CCCCN)C(=O)N(CC(=O)O)CCN1NC(=O)c1ccc(C(=N)N)cc1.O=C(O)C(F)(F)F. The second-order valence-corrected chi connectivity index (χ2v) is 8.17. The van der Waals surface area contributed by atoms with Crippen molar-refractivity contribution in [3.05, 3.63) is 35.4 Å². The van der Waals surface area contributed by atoms with Gasteiger partial charge in [-0.3, -0.25) is 30.0 Å². The van der Waals surface area contributed by atoms with E-state index in [0.29, 0.717) is 24.9 Å². The fraction of sp³-hybridized carbons (Fsp3) is 0.455. The number of benzene rings is 1. The zero-order valence-corrected chi connectivity index (χ0v) is 20.4. The molecule has 1 saturated heterocycles. The molecule has 0 spiro atoms. The van der Waals surface area contributed by atoms with Gasteiger partial charge in [-0.05, 0) is 44.9 Å². The lowest BCUT2D eigenvalue weighted by Crippen LogP contribution is -2.73. The molecule has 8 N–H and O–H groups in total. The van der Waals surface area contributed by atoms with Gasteiger partial charge in [0.1, 0.15) is 12.4 Å². The molecule has 1 aromatic rings. The van der Waals surface area contributed by atoms with Crippen LogP contribution < -0.4 is 16.9 Å². The van der Waals surface area contributed by atoms with E-state index in [-0.39, 0.29) is 30.9 Å². The molecule has 2 rings (SSSR count). The molecule has 1 aliphatic rings. The lowest BCUT2D eigenvalue weighted by atomic mass is 9.84. The summed E-state index contributed by atoms with van der Waals surface area (Å²) in [7, 11) is 0. The number of nitrogens with one attached hydrogen (secondary N) is 2. The van der Waals surface area contributed by atoms with Crippen molar-refractivity contribution in [1.29, 1.82) is 5.41 Å². The largest absolute Gasteiger partial charge is 0.490 e. The van der Waals surface area contributed by atoms with Crippen LogP contribution in [0.1, 0.15) is 42.1 Å². The van der Waals surface area contributed by atoms with E-state index in [2.05, 4.69) is 5.43 Å². The van der Waals surface area contributed by atoms with Crippen molar-refractivity contribution in [2.75, 3.05) is 26.2 Å². The van der Waals surface area contributed by atoms with Crippen LogP contribution in [0.15, 0.2) is 24.3 Å². The van der Waals surface area contributed by atoms with E-state index in [0.717, 1.165) is 4.90 Å². The Morgan fingerprint density at radius 3 is 2.03 bits per heavy atom. The van der Waals surface area contributed by atoms with Gasteiger partial charge >= 0.3 is 18.1 Å². The van der Waals surface area contributed by atoms with Crippen LogP contribution in [0.4, 0.5) is 13.2 Å². The predicted octanol–water partition coefficient (Wildman–Crippen LogP) is -0.0656. The highest BCUT2D eigenvalue weighted by atomic mass is 19.4. The summed E-state index contributed by atoms with van der Waals surface area (Å²) < 4.78 is 31.7. The van der Waals surface area contributed by atoms with Crippen molar-refractivity contribution < 1.29 is 47.4 Å². The first-order chi connectivity index (χ1) is 17.6. The first kappa shape index (κ1) is 32.0. The number of ketones is 1. The smallest absolute Gasteiger partial charge is 0.480 e. The molecule has 1 atom stereocenters. The Labute approximate surface area is 215 Å². The highest BCUT2D eigenvalue weighted by Gasteiger charge is 2.53.